The van der Waals surface area contributed by atoms with Crippen LogP contribution >= 0.6 is 0 Å². The van der Waals surface area contributed by atoms with Crippen molar-refractivity contribution in [2.75, 3.05) is 13.1 Å². The van der Waals surface area contributed by atoms with E-state index >= 15 is 0 Å². The van der Waals surface area contributed by atoms with E-state index in [1.165, 1.54) is 6.07 Å². The van der Waals surface area contributed by atoms with Gasteiger partial charge in [0.25, 0.3) is 0 Å². The normalized spacial score (nSPS) is 25.0. The van der Waals surface area contributed by atoms with Crippen molar-refractivity contribution in [2.45, 2.75) is 32.2 Å². The van der Waals surface area contributed by atoms with Gasteiger partial charge in [0.2, 0.25) is 0 Å². The number of β-amino-alcohol motifs (C(OH)–C–C–N with tert-alkyl or cyclic N) is 1. The fourth-order valence-corrected chi connectivity index (χ4v) is 2.47. The summed E-state index contributed by atoms with van der Waals surface area (Å²) in [7, 11) is 0. The molecule has 1 aliphatic rings. The molecule has 0 saturated heterocycles. The van der Waals surface area contributed by atoms with Gasteiger partial charge in [-0.2, -0.15) is 13.2 Å². The summed E-state index contributed by atoms with van der Waals surface area (Å²) < 4.78 is 38.0. The van der Waals surface area contributed by atoms with Crippen LogP contribution < -0.4 is 0 Å². The molecular formula is C13H16F3NO. The van der Waals surface area contributed by atoms with Crippen molar-refractivity contribution in [3.8, 4) is 0 Å². The molecular weight excluding hydrogens is 243 g/mol. The number of nitrogens with zero attached hydrogens (tertiary/aromatic N) is 1. The predicted octanol–water partition coefficient (Wildman–Crippen LogP) is 2.75. The molecule has 0 radical (unpaired) electrons. The first kappa shape index (κ1) is 13.4. The van der Waals surface area contributed by atoms with Crippen molar-refractivity contribution in [3.63, 3.8) is 0 Å². The molecule has 0 saturated carbocycles. The lowest BCUT2D eigenvalue weighted by molar-refractivity contribution is -0.137. The third kappa shape index (κ3) is 2.37. The number of rotatable bonds is 1. The molecule has 2 nitrogen and oxygen atoms in total. The summed E-state index contributed by atoms with van der Waals surface area (Å²) in [4.78, 5) is 1.93. The first-order chi connectivity index (χ1) is 8.24. The summed E-state index contributed by atoms with van der Waals surface area (Å²) in [6.45, 7) is 5.16. The van der Waals surface area contributed by atoms with Crippen molar-refractivity contribution in [3.05, 3.63) is 34.9 Å². The first-order valence-corrected chi connectivity index (χ1v) is 5.89. The predicted molar refractivity (Wildman–Crippen MR) is 62.0 cm³/mol. The van der Waals surface area contributed by atoms with Gasteiger partial charge in [0, 0.05) is 13.1 Å². The van der Waals surface area contributed by atoms with E-state index in [4.69, 9.17) is 0 Å². The molecule has 1 aliphatic heterocycles. The number of fused-ring (bicyclic) bond motifs is 1. The van der Waals surface area contributed by atoms with E-state index in [9.17, 15) is 18.3 Å². The summed E-state index contributed by atoms with van der Waals surface area (Å²) in [6, 6.07) is 3.58. The molecule has 1 atom stereocenters. The molecule has 5 heteroatoms. The smallest absolute Gasteiger partial charge is 0.384 e. The lowest BCUT2D eigenvalue weighted by Gasteiger charge is -2.38. The Bertz CT molecular complexity index is 454. The number of likely N-dealkylation sites (N-methyl/N-ethyl adjacent to an activating group) is 1. The first-order valence-electron chi connectivity index (χ1n) is 5.89. The standard InChI is InChI=1S/C13H16F3NO/c1-3-17-7-9-6-10(13(14,15)16)4-5-11(9)12(2,18)8-17/h4-6,18H,3,7-8H2,1-2H3/t12-/m1/s1. The Kier molecular flexibility index (Phi) is 3.15. The third-order valence-electron chi connectivity index (χ3n) is 3.39. The second kappa shape index (κ2) is 4.24. The molecule has 1 aromatic carbocycles. The van der Waals surface area contributed by atoms with E-state index in [0.717, 1.165) is 12.1 Å². The lowest BCUT2D eigenvalue weighted by Crippen LogP contribution is -2.43. The largest absolute Gasteiger partial charge is 0.416 e. The van der Waals surface area contributed by atoms with Crippen LogP contribution in [0.15, 0.2) is 18.2 Å². The Morgan fingerprint density at radius 1 is 1.39 bits per heavy atom. The van der Waals surface area contributed by atoms with Crippen LogP contribution in [0.1, 0.15) is 30.5 Å². The maximum atomic E-state index is 12.7. The second-order valence-corrected chi connectivity index (χ2v) is 4.95. The Balaban J connectivity index is 2.46. The average Bonchev–Trinajstić information content (AvgIpc) is 2.26. The maximum Gasteiger partial charge on any atom is 0.416 e. The molecule has 1 aromatic rings. The zero-order chi connectivity index (χ0) is 13.6. The number of benzene rings is 1. The number of alkyl halides is 3. The Labute approximate surface area is 104 Å². The van der Waals surface area contributed by atoms with Crippen LogP contribution in [0.25, 0.3) is 0 Å². The van der Waals surface area contributed by atoms with E-state index in [1.807, 2.05) is 11.8 Å². The van der Waals surface area contributed by atoms with Gasteiger partial charge in [-0.15, -0.1) is 0 Å². The van der Waals surface area contributed by atoms with Crippen LogP contribution in [-0.4, -0.2) is 23.1 Å². The third-order valence-corrected chi connectivity index (χ3v) is 3.39. The van der Waals surface area contributed by atoms with Crippen LogP contribution in [0, 0.1) is 0 Å². The highest BCUT2D eigenvalue weighted by molar-refractivity contribution is 5.38. The summed E-state index contributed by atoms with van der Waals surface area (Å²) >= 11 is 0. The highest BCUT2D eigenvalue weighted by Gasteiger charge is 2.36. The molecule has 0 aliphatic carbocycles. The van der Waals surface area contributed by atoms with Gasteiger partial charge in [-0.3, -0.25) is 4.90 Å². The maximum absolute atomic E-state index is 12.7. The molecule has 1 N–H and O–H groups in total. The lowest BCUT2D eigenvalue weighted by atomic mass is 9.86. The fourth-order valence-electron chi connectivity index (χ4n) is 2.47. The molecule has 0 amide bonds. The molecule has 0 bridgehead atoms. The van der Waals surface area contributed by atoms with Gasteiger partial charge in [-0.1, -0.05) is 13.0 Å². The van der Waals surface area contributed by atoms with E-state index < -0.39 is 17.3 Å². The zero-order valence-corrected chi connectivity index (χ0v) is 10.4. The monoisotopic (exact) mass is 259 g/mol. The van der Waals surface area contributed by atoms with Crippen LogP contribution in [0.4, 0.5) is 13.2 Å². The molecule has 0 fully saturated rings. The van der Waals surface area contributed by atoms with E-state index in [1.54, 1.807) is 6.92 Å². The second-order valence-electron chi connectivity index (χ2n) is 4.95. The minimum Gasteiger partial charge on any atom is -0.384 e. The van der Waals surface area contributed by atoms with Gasteiger partial charge in [0.15, 0.2) is 0 Å². The van der Waals surface area contributed by atoms with Gasteiger partial charge in [-0.05, 0) is 36.7 Å². The molecule has 2 rings (SSSR count). The van der Waals surface area contributed by atoms with Gasteiger partial charge in [0.05, 0.1) is 11.2 Å². The van der Waals surface area contributed by atoms with Crippen molar-refractivity contribution >= 4 is 0 Å². The van der Waals surface area contributed by atoms with Gasteiger partial charge < -0.3 is 5.11 Å². The molecule has 0 aromatic heterocycles. The average molecular weight is 259 g/mol. The highest BCUT2D eigenvalue weighted by atomic mass is 19.4. The topological polar surface area (TPSA) is 23.5 Å². The molecule has 100 valence electrons. The molecule has 0 spiro atoms. The van der Waals surface area contributed by atoms with Crippen LogP contribution in [0.3, 0.4) is 0 Å². The number of halogens is 3. The van der Waals surface area contributed by atoms with Gasteiger partial charge in [0.1, 0.15) is 0 Å². The van der Waals surface area contributed by atoms with E-state index in [2.05, 4.69) is 0 Å². The number of hydrogen-bond donors (Lipinski definition) is 1. The Hall–Kier alpha value is -1.07. The van der Waals surface area contributed by atoms with E-state index in [-0.39, 0.29) is 0 Å². The van der Waals surface area contributed by atoms with Crippen molar-refractivity contribution in [1.29, 1.82) is 0 Å². The van der Waals surface area contributed by atoms with Gasteiger partial charge in [-0.25, -0.2) is 0 Å². The SMILES string of the molecule is CCN1Cc2cc(C(F)(F)F)ccc2[C@](C)(O)C1. The van der Waals surface area contributed by atoms with Crippen LogP contribution in [-0.2, 0) is 18.3 Å². The highest BCUT2D eigenvalue weighted by Crippen LogP contribution is 2.36. The van der Waals surface area contributed by atoms with E-state index in [0.29, 0.717) is 30.8 Å². The molecule has 1 heterocycles. The van der Waals surface area contributed by atoms with Gasteiger partial charge >= 0.3 is 6.18 Å². The Morgan fingerprint density at radius 3 is 2.61 bits per heavy atom. The summed E-state index contributed by atoms with van der Waals surface area (Å²) in [5, 5.41) is 10.3. The number of hydrogen-bond acceptors (Lipinski definition) is 2. The minimum absolute atomic E-state index is 0.446. The molecule has 0 unspecified atom stereocenters. The molecule has 18 heavy (non-hydrogen) atoms. The summed E-state index contributed by atoms with van der Waals surface area (Å²) in [5.74, 6) is 0. The van der Waals surface area contributed by atoms with Crippen LogP contribution in [0.2, 0.25) is 0 Å². The summed E-state index contributed by atoms with van der Waals surface area (Å²) in [6.07, 6.45) is -4.34. The number of aliphatic hydroxyl groups is 1. The fraction of sp³-hybridized carbons (Fsp3) is 0.538. The van der Waals surface area contributed by atoms with Crippen molar-refractivity contribution in [1.82, 2.24) is 4.90 Å². The van der Waals surface area contributed by atoms with Crippen molar-refractivity contribution < 1.29 is 18.3 Å². The minimum atomic E-state index is -4.34. The Morgan fingerprint density at radius 2 is 2.06 bits per heavy atom. The van der Waals surface area contributed by atoms with Crippen LogP contribution in [0.5, 0.6) is 0 Å². The quantitative estimate of drug-likeness (QED) is 0.838. The summed E-state index contributed by atoms with van der Waals surface area (Å²) in [5.41, 5.74) is -0.591. The van der Waals surface area contributed by atoms with Crippen molar-refractivity contribution in [2.24, 2.45) is 0 Å². The zero-order valence-electron chi connectivity index (χ0n) is 10.4.